The highest BCUT2D eigenvalue weighted by Gasteiger charge is 2.17. The SMILES string of the molecule is CCCCC(CO)c1nc(-c2ccccc2)nc(-c2ccccc2)n1. The molecule has 0 bridgehead atoms. The lowest BCUT2D eigenvalue weighted by atomic mass is 10.0. The lowest BCUT2D eigenvalue weighted by Gasteiger charge is -2.14. The molecule has 1 aromatic heterocycles. The van der Waals surface area contributed by atoms with Crippen LogP contribution in [-0.2, 0) is 0 Å². The van der Waals surface area contributed by atoms with Gasteiger partial charge in [0.25, 0.3) is 0 Å². The molecule has 0 saturated heterocycles. The Morgan fingerprint density at radius 3 is 1.76 bits per heavy atom. The Labute approximate surface area is 148 Å². The van der Waals surface area contributed by atoms with Gasteiger partial charge in [0.15, 0.2) is 11.6 Å². The van der Waals surface area contributed by atoms with Crippen LogP contribution in [0.2, 0.25) is 0 Å². The minimum absolute atomic E-state index is 0.0481. The Balaban J connectivity index is 2.08. The number of hydrogen-bond acceptors (Lipinski definition) is 4. The fraction of sp³-hybridized carbons (Fsp3) is 0.286. The van der Waals surface area contributed by atoms with Crippen molar-refractivity contribution in [2.45, 2.75) is 32.1 Å². The number of aliphatic hydroxyl groups excluding tert-OH is 1. The molecular weight excluding hydrogens is 310 g/mol. The smallest absolute Gasteiger partial charge is 0.163 e. The zero-order valence-corrected chi connectivity index (χ0v) is 14.5. The zero-order valence-electron chi connectivity index (χ0n) is 14.5. The van der Waals surface area contributed by atoms with Gasteiger partial charge in [0.1, 0.15) is 5.82 Å². The molecule has 0 aliphatic carbocycles. The van der Waals surface area contributed by atoms with E-state index in [0.29, 0.717) is 17.5 Å². The van der Waals surface area contributed by atoms with Crippen molar-refractivity contribution in [2.75, 3.05) is 6.61 Å². The molecule has 128 valence electrons. The van der Waals surface area contributed by atoms with E-state index in [2.05, 4.69) is 21.9 Å². The molecule has 0 aliphatic heterocycles. The molecule has 3 rings (SSSR count). The van der Waals surface area contributed by atoms with Gasteiger partial charge in [-0.25, -0.2) is 15.0 Å². The van der Waals surface area contributed by atoms with E-state index >= 15 is 0 Å². The fourth-order valence-electron chi connectivity index (χ4n) is 2.76. The van der Waals surface area contributed by atoms with Crippen molar-refractivity contribution in [3.63, 3.8) is 0 Å². The van der Waals surface area contributed by atoms with Crippen molar-refractivity contribution in [3.05, 3.63) is 66.5 Å². The molecule has 1 unspecified atom stereocenters. The topological polar surface area (TPSA) is 58.9 Å². The predicted molar refractivity (Wildman–Crippen MR) is 100 cm³/mol. The minimum atomic E-state index is -0.0622. The van der Waals surface area contributed by atoms with E-state index in [1.807, 2.05) is 60.7 Å². The van der Waals surface area contributed by atoms with Crippen molar-refractivity contribution in [1.29, 1.82) is 0 Å². The standard InChI is InChI=1S/C21H23N3O/c1-2-3-10-18(15-25)21-23-19(16-11-6-4-7-12-16)22-20(24-21)17-13-8-5-9-14-17/h4-9,11-14,18,25H,2-3,10,15H2,1H3. The van der Waals surface area contributed by atoms with Gasteiger partial charge in [-0.1, -0.05) is 80.4 Å². The second-order valence-corrected chi connectivity index (χ2v) is 6.09. The Hall–Kier alpha value is -2.59. The number of hydrogen-bond donors (Lipinski definition) is 1. The third kappa shape index (κ3) is 4.28. The lowest BCUT2D eigenvalue weighted by molar-refractivity contribution is 0.252. The summed E-state index contributed by atoms with van der Waals surface area (Å²) in [5.74, 6) is 1.91. The maximum absolute atomic E-state index is 9.83. The summed E-state index contributed by atoms with van der Waals surface area (Å²) in [7, 11) is 0. The van der Waals surface area contributed by atoms with Crippen LogP contribution in [0.15, 0.2) is 60.7 Å². The molecular formula is C21H23N3O. The van der Waals surface area contributed by atoms with Crippen LogP contribution in [0.3, 0.4) is 0 Å². The molecule has 0 aliphatic rings. The van der Waals surface area contributed by atoms with Crippen molar-refractivity contribution < 1.29 is 5.11 Å². The number of benzene rings is 2. The quantitative estimate of drug-likeness (QED) is 0.693. The van der Waals surface area contributed by atoms with Gasteiger partial charge in [-0.2, -0.15) is 0 Å². The molecule has 0 amide bonds. The van der Waals surface area contributed by atoms with Crippen LogP contribution in [-0.4, -0.2) is 26.7 Å². The average molecular weight is 333 g/mol. The molecule has 0 fully saturated rings. The van der Waals surface area contributed by atoms with Crippen molar-refractivity contribution in [1.82, 2.24) is 15.0 Å². The lowest BCUT2D eigenvalue weighted by Crippen LogP contribution is -2.12. The van der Waals surface area contributed by atoms with Crippen molar-refractivity contribution >= 4 is 0 Å². The molecule has 4 nitrogen and oxygen atoms in total. The minimum Gasteiger partial charge on any atom is -0.396 e. The fourth-order valence-corrected chi connectivity index (χ4v) is 2.76. The maximum atomic E-state index is 9.83. The van der Waals surface area contributed by atoms with Crippen molar-refractivity contribution in [3.8, 4) is 22.8 Å². The first-order valence-corrected chi connectivity index (χ1v) is 8.79. The van der Waals surface area contributed by atoms with E-state index < -0.39 is 0 Å². The molecule has 1 atom stereocenters. The molecule has 1 N–H and O–H groups in total. The van der Waals surface area contributed by atoms with Gasteiger partial charge in [0.05, 0.1) is 6.61 Å². The van der Waals surface area contributed by atoms with E-state index in [4.69, 9.17) is 0 Å². The van der Waals surface area contributed by atoms with Crippen LogP contribution >= 0.6 is 0 Å². The molecule has 0 saturated carbocycles. The summed E-state index contributed by atoms with van der Waals surface area (Å²) in [6.07, 6.45) is 3.00. The monoisotopic (exact) mass is 333 g/mol. The molecule has 4 heteroatoms. The van der Waals surface area contributed by atoms with E-state index in [-0.39, 0.29) is 12.5 Å². The van der Waals surface area contributed by atoms with E-state index in [0.717, 1.165) is 30.4 Å². The first-order chi connectivity index (χ1) is 12.3. The van der Waals surface area contributed by atoms with Crippen LogP contribution in [0.25, 0.3) is 22.8 Å². The Morgan fingerprint density at radius 2 is 1.32 bits per heavy atom. The normalized spacial score (nSPS) is 12.1. The Bertz CT molecular complexity index is 733. The maximum Gasteiger partial charge on any atom is 0.163 e. The summed E-state index contributed by atoms with van der Waals surface area (Å²) in [4.78, 5) is 14.0. The van der Waals surface area contributed by atoms with Gasteiger partial charge in [-0.05, 0) is 6.42 Å². The summed E-state index contributed by atoms with van der Waals surface area (Å²) in [5, 5.41) is 9.83. The van der Waals surface area contributed by atoms with Gasteiger partial charge in [-0.3, -0.25) is 0 Å². The second kappa shape index (κ2) is 8.49. The summed E-state index contributed by atoms with van der Waals surface area (Å²) in [6, 6.07) is 19.8. The molecule has 25 heavy (non-hydrogen) atoms. The number of nitrogens with zero attached hydrogens (tertiary/aromatic N) is 3. The molecule has 0 radical (unpaired) electrons. The zero-order chi connectivity index (χ0) is 17.5. The van der Waals surface area contributed by atoms with Crippen molar-refractivity contribution in [2.24, 2.45) is 0 Å². The number of unbranched alkanes of at least 4 members (excludes halogenated alkanes) is 1. The third-order valence-electron chi connectivity index (χ3n) is 4.21. The van der Waals surface area contributed by atoms with Gasteiger partial charge >= 0.3 is 0 Å². The Kier molecular flexibility index (Phi) is 5.86. The Morgan fingerprint density at radius 1 is 0.800 bits per heavy atom. The summed E-state index contributed by atoms with van der Waals surface area (Å²) in [6.45, 7) is 2.19. The number of aliphatic hydroxyl groups is 1. The molecule has 3 aromatic rings. The largest absolute Gasteiger partial charge is 0.396 e. The van der Waals surface area contributed by atoms with E-state index in [1.54, 1.807) is 0 Å². The number of aromatic nitrogens is 3. The summed E-state index contributed by atoms with van der Waals surface area (Å²) in [5.41, 5.74) is 1.91. The summed E-state index contributed by atoms with van der Waals surface area (Å²) < 4.78 is 0. The second-order valence-electron chi connectivity index (χ2n) is 6.09. The highest BCUT2D eigenvalue weighted by molar-refractivity contribution is 5.60. The van der Waals surface area contributed by atoms with Crippen LogP contribution in [0.1, 0.15) is 37.9 Å². The van der Waals surface area contributed by atoms with Crippen LogP contribution in [0, 0.1) is 0 Å². The highest BCUT2D eigenvalue weighted by Crippen LogP contribution is 2.25. The van der Waals surface area contributed by atoms with Crippen LogP contribution < -0.4 is 0 Å². The van der Waals surface area contributed by atoms with Gasteiger partial charge in [0, 0.05) is 17.0 Å². The first-order valence-electron chi connectivity index (χ1n) is 8.79. The van der Waals surface area contributed by atoms with Gasteiger partial charge in [-0.15, -0.1) is 0 Å². The van der Waals surface area contributed by atoms with Crippen LogP contribution in [0.5, 0.6) is 0 Å². The van der Waals surface area contributed by atoms with Gasteiger partial charge in [0.2, 0.25) is 0 Å². The predicted octanol–water partition coefficient (Wildman–Crippen LogP) is 4.47. The van der Waals surface area contributed by atoms with Crippen LogP contribution in [0.4, 0.5) is 0 Å². The van der Waals surface area contributed by atoms with Gasteiger partial charge < -0.3 is 5.11 Å². The third-order valence-corrected chi connectivity index (χ3v) is 4.21. The van der Waals surface area contributed by atoms with E-state index in [9.17, 15) is 5.11 Å². The number of rotatable bonds is 7. The molecule has 0 spiro atoms. The average Bonchev–Trinajstić information content (AvgIpc) is 2.70. The molecule has 1 heterocycles. The summed E-state index contributed by atoms with van der Waals surface area (Å²) >= 11 is 0. The first kappa shape index (κ1) is 17.2. The van der Waals surface area contributed by atoms with E-state index in [1.165, 1.54) is 0 Å². The molecule has 2 aromatic carbocycles. The highest BCUT2D eigenvalue weighted by atomic mass is 16.3.